The van der Waals surface area contributed by atoms with Gasteiger partial charge in [0.05, 0.1) is 23.4 Å². The maximum absolute atomic E-state index is 9.12. The average molecular weight is 262 g/mol. The summed E-state index contributed by atoms with van der Waals surface area (Å²) in [7, 11) is 0. The molecule has 1 atom stereocenters. The van der Waals surface area contributed by atoms with Crippen LogP contribution in [0.15, 0.2) is 24.3 Å². The van der Waals surface area contributed by atoms with Crippen molar-refractivity contribution < 1.29 is 5.11 Å². The monoisotopic (exact) mass is 262 g/mol. The van der Waals surface area contributed by atoms with Gasteiger partial charge in [-0.15, -0.1) is 11.3 Å². The molecule has 1 aromatic carbocycles. The Balaban J connectivity index is 2.15. The van der Waals surface area contributed by atoms with E-state index in [1.54, 1.807) is 11.3 Å². The Morgan fingerprint density at radius 2 is 2.17 bits per heavy atom. The van der Waals surface area contributed by atoms with Crippen LogP contribution in [0.4, 0.5) is 5.69 Å². The molecule has 2 aromatic rings. The normalized spacial score (nSPS) is 12.4. The van der Waals surface area contributed by atoms with Crippen LogP contribution >= 0.6 is 11.3 Å². The van der Waals surface area contributed by atoms with Gasteiger partial charge in [0.25, 0.3) is 0 Å². The zero-order valence-corrected chi connectivity index (χ0v) is 11.7. The molecule has 2 N–H and O–H groups in total. The predicted octanol–water partition coefficient (Wildman–Crippen LogP) is 3.43. The van der Waals surface area contributed by atoms with Crippen molar-refractivity contribution in [3.05, 3.63) is 45.4 Å². The molecule has 0 spiro atoms. The molecule has 1 heterocycles. The van der Waals surface area contributed by atoms with Crippen molar-refractivity contribution in [1.29, 1.82) is 0 Å². The van der Waals surface area contributed by atoms with Crippen LogP contribution in [-0.2, 0) is 6.61 Å². The molecule has 0 saturated heterocycles. The van der Waals surface area contributed by atoms with Gasteiger partial charge < -0.3 is 10.4 Å². The van der Waals surface area contributed by atoms with E-state index in [-0.39, 0.29) is 12.6 Å². The van der Waals surface area contributed by atoms with E-state index in [1.165, 1.54) is 4.88 Å². The van der Waals surface area contributed by atoms with Gasteiger partial charge >= 0.3 is 0 Å². The lowest BCUT2D eigenvalue weighted by molar-refractivity contribution is 0.282. The highest BCUT2D eigenvalue weighted by molar-refractivity contribution is 7.11. The number of thiazole rings is 1. The second kappa shape index (κ2) is 5.50. The Morgan fingerprint density at radius 1 is 1.39 bits per heavy atom. The average Bonchev–Trinajstić information content (AvgIpc) is 2.69. The lowest BCUT2D eigenvalue weighted by Crippen LogP contribution is -2.06. The molecule has 1 aromatic heterocycles. The van der Waals surface area contributed by atoms with Crippen molar-refractivity contribution in [3.63, 3.8) is 0 Å². The number of hydrogen-bond donors (Lipinski definition) is 2. The fraction of sp³-hybridized carbons (Fsp3) is 0.357. The minimum Gasteiger partial charge on any atom is -0.392 e. The van der Waals surface area contributed by atoms with Gasteiger partial charge in [0.2, 0.25) is 0 Å². The van der Waals surface area contributed by atoms with Gasteiger partial charge in [0, 0.05) is 10.6 Å². The van der Waals surface area contributed by atoms with Crippen LogP contribution in [0.2, 0.25) is 0 Å². The molecule has 18 heavy (non-hydrogen) atoms. The van der Waals surface area contributed by atoms with Gasteiger partial charge in [-0.3, -0.25) is 0 Å². The Hall–Kier alpha value is -1.39. The molecule has 0 amide bonds. The first-order valence-electron chi connectivity index (χ1n) is 6.00. The quantitative estimate of drug-likeness (QED) is 0.887. The van der Waals surface area contributed by atoms with Gasteiger partial charge in [-0.1, -0.05) is 12.1 Å². The van der Waals surface area contributed by atoms with E-state index in [9.17, 15) is 0 Å². The summed E-state index contributed by atoms with van der Waals surface area (Å²) in [6.07, 6.45) is 0. The Labute approximate surface area is 112 Å². The Morgan fingerprint density at radius 3 is 2.78 bits per heavy atom. The molecule has 0 saturated carbocycles. The highest BCUT2D eigenvalue weighted by Crippen LogP contribution is 2.27. The van der Waals surface area contributed by atoms with Crippen LogP contribution in [-0.4, -0.2) is 10.1 Å². The van der Waals surface area contributed by atoms with Gasteiger partial charge in [0.15, 0.2) is 0 Å². The van der Waals surface area contributed by atoms with E-state index in [1.807, 2.05) is 38.1 Å². The summed E-state index contributed by atoms with van der Waals surface area (Å²) in [5.74, 6) is 0. The first kappa shape index (κ1) is 13.1. The van der Waals surface area contributed by atoms with Crippen molar-refractivity contribution in [2.75, 3.05) is 5.32 Å². The number of aromatic nitrogens is 1. The van der Waals surface area contributed by atoms with Crippen LogP contribution in [0.3, 0.4) is 0 Å². The summed E-state index contributed by atoms with van der Waals surface area (Å²) >= 11 is 1.73. The summed E-state index contributed by atoms with van der Waals surface area (Å²) in [6.45, 7) is 6.27. The first-order valence-corrected chi connectivity index (χ1v) is 6.82. The highest BCUT2D eigenvalue weighted by Gasteiger charge is 2.12. The van der Waals surface area contributed by atoms with Gasteiger partial charge in [-0.25, -0.2) is 4.98 Å². The SMILES string of the molecule is Cc1nc(C)c(C(C)Nc2cccc(CO)c2)s1. The van der Waals surface area contributed by atoms with E-state index in [0.29, 0.717) is 0 Å². The second-order valence-electron chi connectivity index (χ2n) is 4.41. The van der Waals surface area contributed by atoms with Gasteiger partial charge in [0.1, 0.15) is 0 Å². The molecule has 2 rings (SSSR count). The number of anilines is 1. The van der Waals surface area contributed by atoms with Crippen molar-refractivity contribution in [2.24, 2.45) is 0 Å². The van der Waals surface area contributed by atoms with Crippen molar-refractivity contribution in [1.82, 2.24) is 4.98 Å². The van der Waals surface area contributed by atoms with E-state index < -0.39 is 0 Å². The van der Waals surface area contributed by atoms with Crippen molar-refractivity contribution in [2.45, 2.75) is 33.4 Å². The van der Waals surface area contributed by atoms with Crippen LogP contribution < -0.4 is 5.32 Å². The number of benzene rings is 1. The second-order valence-corrected chi connectivity index (χ2v) is 5.64. The third-order valence-electron chi connectivity index (χ3n) is 2.83. The lowest BCUT2D eigenvalue weighted by atomic mass is 10.2. The predicted molar refractivity (Wildman–Crippen MR) is 76.0 cm³/mol. The number of hydrogen-bond acceptors (Lipinski definition) is 4. The third kappa shape index (κ3) is 2.89. The van der Waals surface area contributed by atoms with E-state index in [2.05, 4.69) is 17.2 Å². The van der Waals surface area contributed by atoms with E-state index in [0.717, 1.165) is 22.0 Å². The fourth-order valence-electron chi connectivity index (χ4n) is 2.02. The number of rotatable bonds is 4. The van der Waals surface area contributed by atoms with Gasteiger partial charge in [-0.05, 0) is 38.5 Å². The van der Waals surface area contributed by atoms with E-state index in [4.69, 9.17) is 5.11 Å². The fourth-order valence-corrected chi connectivity index (χ4v) is 2.95. The molecule has 0 aliphatic heterocycles. The molecular weight excluding hydrogens is 244 g/mol. The lowest BCUT2D eigenvalue weighted by Gasteiger charge is -2.15. The smallest absolute Gasteiger partial charge is 0.0900 e. The highest BCUT2D eigenvalue weighted by atomic mass is 32.1. The van der Waals surface area contributed by atoms with Crippen molar-refractivity contribution >= 4 is 17.0 Å². The van der Waals surface area contributed by atoms with Crippen LogP contribution in [0, 0.1) is 13.8 Å². The Kier molecular flexibility index (Phi) is 3.99. The zero-order chi connectivity index (χ0) is 13.1. The van der Waals surface area contributed by atoms with Gasteiger partial charge in [-0.2, -0.15) is 0 Å². The summed E-state index contributed by atoms with van der Waals surface area (Å²) in [5.41, 5.74) is 3.04. The topological polar surface area (TPSA) is 45.2 Å². The number of nitrogens with one attached hydrogen (secondary N) is 1. The minimum absolute atomic E-state index is 0.0720. The van der Waals surface area contributed by atoms with Crippen LogP contribution in [0.25, 0.3) is 0 Å². The maximum atomic E-state index is 9.12. The number of aliphatic hydroxyl groups is 1. The molecule has 4 heteroatoms. The minimum atomic E-state index is 0.0720. The first-order chi connectivity index (χ1) is 8.60. The largest absolute Gasteiger partial charge is 0.392 e. The van der Waals surface area contributed by atoms with Crippen molar-refractivity contribution in [3.8, 4) is 0 Å². The molecule has 0 aliphatic rings. The molecule has 1 unspecified atom stereocenters. The standard InChI is InChI=1S/C14H18N2OS/c1-9-14(18-11(3)15-9)10(2)16-13-6-4-5-12(7-13)8-17/h4-7,10,16-17H,8H2,1-3H3. The van der Waals surface area contributed by atoms with E-state index >= 15 is 0 Å². The molecular formula is C14H18N2OS. The summed E-state index contributed by atoms with van der Waals surface area (Å²) in [6, 6.07) is 8.08. The molecule has 0 aliphatic carbocycles. The number of nitrogens with zero attached hydrogens (tertiary/aromatic N) is 1. The molecule has 0 fully saturated rings. The molecule has 3 nitrogen and oxygen atoms in total. The Bertz CT molecular complexity index is 536. The summed E-state index contributed by atoms with van der Waals surface area (Å²) < 4.78 is 0. The zero-order valence-electron chi connectivity index (χ0n) is 10.9. The molecule has 96 valence electrons. The number of aliphatic hydroxyl groups excluding tert-OH is 1. The summed E-state index contributed by atoms with van der Waals surface area (Å²) in [4.78, 5) is 5.71. The molecule has 0 bridgehead atoms. The number of aryl methyl sites for hydroxylation is 2. The van der Waals surface area contributed by atoms with Crippen LogP contribution in [0.5, 0.6) is 0 Å². The third-order valence-corrected chi connectivity index (χ3v) is 4.08. The summed E-state index contributed by atoms with van der Waals surface area (Å²) in [5, 5.41) is 13.7. The maximum Gasteiger partial charge on any atom is 0.0900 e. The molecule has 0 radical (unpaired) electrons. The van der Waals surface area contributed by atoms with Crippen LogP contribution in [0.1, 0.15) is 34.1 Å².